The van der Waals surface area contributed by atoms with Crippen LogP contribution in [0.4, 0.5) is 0 Å². The summed E-state index contributed by atoms with van der Waals surface area (Å²) in [7, 11) is 0. The van der Waals surface area contributed by atoms with Crippen molar-refractivity contribution in [3.8, 4) is 5.75 Å². The standard InChI is InChI=1S/C17H22Cl2O/c18-14-10-13-7-8-20-17(13)15(11-14)16(19)9-12-5-3-1-2-4-6-12/h10-12,16H,1-9H2. The molecule has 1 nitrogen and oxygen atoms in total. The summed E-state index contributed by atoms with van der Waals surface area (Å²) >= 11 is 12.9. The Morgan fingerprint density at radius 3 is 2.65 bits per heavy atom. The van der Waals surface area contributed by atoms with Gasteiger partial charge in [-0.25, -0.2) is 0 Å². The van der Waals surface area contributed by atoms with Crippen LogP contribution in [0.25, 0.3) is 0 Å². The maximum Gasteiger partial charge on any atom is 0.127 e. The summed E-state index contributed by atoms with van der Waals surface area (Å²) in [5, 5.41) is 0.819. The molecule has 0 N–H and O–H groups in total. The Balaban J connectivity index is 1.75. The molecule has 1 fully saturated rings. The molecule has 1 atom stereocenters. The predicted molar refractivity (Wildman–Crippen MR) is 85.1 cm³/mol. The lowest BCUT2D eigenvalue weighted by molar-refractivity contribution is 0.350. The fourth-order valence-electron chi connectivity index (χ4n) is 3.55. The van der Waals surface area contributed by atoms with Crippen LogP contribution < -0.4 is 4.74 Å². The molecule has 0 spiro atoms. The molecule has 0 saturated heterocycles. The quantitative estimate of drug-likeness (QED) is 0.497. The number of ether oxygens (including phenoxy) is 1. The second kappa shape index (κ2) is 6.58. The fourth-order valence-corrected chi connectivity index (χ4v) is 4.21. The van der Waals surface area contributed by atoms with E-state index in [0.29, 0.717) is 0 Å². The minimum Gasteiger partial charge on any atom is -0.493 e. The minimum atomic E-state index is 0.0312. The first-order valence-corrected chi connectivity index (χ1v) is 8.64. The molecule has 0 radical (unpaired) electrons. The maximum absolute atomic E-state index is 6.71. The molecular formula is C17H22Cl2O. The SMILES string of the molecule is Clc1cc2c(c(C(Cl)CC3CCCCCC3)c1)OCC2. The van der Waals surface area contributed by atoms with Crippen LogP contribution in [0.15, 0.2) is 12.1 Å². The molecule has 1 saturated carbocycles. The van der Waals surface area contributed by atoms with E-state index in [1.165, 1.54) is 44.1 Å². The van der Waals surface area contributed by atoms with Gasteiger partial charge >= 0.3 is 0 Å². The number of hydrogen-bond donors (Lipinski definition) is 0. The molecule has 2 aliphatic rings. The van der Waals surface area contributed by atoms with Gasteiger partial charge in [0.2, 0.25) is 0 Å². The Bertz CT molecular complexity index is 464. The van der Waals surface area contributed by atoms with Crippen molar-refractivity contribution in [1.82, 2.24) is 0 Å². The largest absolute Gasteiger partial charge is 0.493 e. The lowest BCUT2D eigenvalue weighted by atomic mass is 9.91. The van der Waals surface area contributed by atoms with Crippen molar-refractivity contribution in [2.24, 2.45) is 5.92 Å². The molecule has 1 aromatic rings. The zero-order chi connectivity index (χ0) is 13.9. The van der Waals surface area contributed by atoms with Gasteiger partial charge in [-0.05, 0) is 30.0 Å². The highest BCUT2D eigenvalue weighted by atomic mass is 35.5. The van der Waals surface area contributed by atoms with E-state index in [4.69, 9.17) is 27.9 Å². The van der Waals surface area contributed by atoms with Gasteiger partial charge < -0.3 is 4.74 Å². The van der Waals surface area contributed by atoms with Gasteiger partial charge in [-0.15, -0.1) is 11.6 Å². The Hall–Kier alpha value is -0.400. The number of alkyl halides is 1. The van der Waals surface area contributed by atoms with E-state index in [0.717, 1.165) is 41.7 Å². The number of hydrogen-bond acceptors (Lipinski definition) is 1. The third kappa shape index (κ3) is 3.26. The van der Waals surface area contributed by atoms with E-state index in [1.807, 2.05) is 12.1 Å². The molecule has 1 aliphatic carbocycles. The second-order valence-corrected chi connectivity index (χ2v) is 7.11. The zero-order valence-corrected chi connectivity index (χ0v) is 13.3. The normalized spacial score (nSPS) is 21.1. The van der Waals surface area contributed by atoms with Gasteiger partial charge in [-0.1, -0.05) is 50.1 Å². The fraction of sp³-hybridized carbons (Fsp3) is 0.647. The number of rotatable bonds is 3. The highest BCUT2D eigenvalue weighted by molar-refractivity contribution is 6.31. The Morgan fingerprint density at radius 1 is 1.15 bits per heavy atom. The molecule has 3 rings (SSSR count). The van der Waals surface area contributed by atoms with Crippen LogP contribution >= 0.6 is 23.2 Å². The van der Waals surface area contributed by atoms with Gasteiger partial charge in [0.05, 0.1) is 12.0 Å². The van der Waals surface area contributed by atoms with E-state index in [9.17, 15) is 0 Å². The van der Waals surface area contributed by atoms with E-state index in [2.05, 4.69) is 0 Å². The van der Waals surface area contributed by atoms with Crippen molar-refractivity contribution in [1.29, 1.82) is 0 Å². The molecule has 1 unspecified atom stereocenters. The first-order chi connectivity index (χ1) is 9.74. The van der Waals surface area contributed by atoms with E-state index >= 15 is 0 Å². The third-order valence-corrected chi connectivity index (χ3v) is 5.26. The number of halogens is 2. The summed E-state index contributed by atoms with van der Waals surface area (Å²) in [4.78, 5) is 0. The van der Waals surface area contributed by atoms with Crippen molar-refractivity contribution in [2.45, 2.75) is 56.7 Å². The van der Waals surface area contributed by atoms with Crippen molar-refractivity contribution in [2.75, 3.05) is 6.61 Å². The van der Waals surface area contributed by atoms with Gasteiger partial charge in [-0.3, -0.25) is 0 Å². The Morgan fingerprint density at radius 2 is 1.90 bits per heavy atom. The summed E-state index contributed by atoms with van der Waals surface area (Å²) in [6, 6.07) is 4.02. The summed E-state index contributed by atoms with van der Waals surface area (Å²) < 4.78 is 5.78. The summed E-state index contributed by atoms with van der Waals surface area (Å²) in [5.74, 6) is 1.76. The van der Waals surface area contributed by atoms with E-state index in [-0.39, 0.29) is 5.38 Å². The molecule has 0 amide bonds. The van der Waals surface area contributed by atoms with Crippen LogP contribution in [0.2, 0.25) is 5.02 Å². The van der Waals surface area contributed by atoms with Gasteiger partial charge in [0.1, 0.15) is 5.75 Å². The first-order valence-electron chi connectivity index (χ1n) is 7.83. The van der Waals surface area contributed by atoms with Crippen molar-refractivity contribution in [3.05, 3.63) is 28.3 Å². The molecule has 3 heteroatoms. The van der Waals surface area contributed by atoms with Crippen LogP contribution in [-0.4, -0.2) is 6.61 Å². The molecule has 1 aromatic carbocycles. The molecular weight excluding hydrogens is 291 g/mol. The highest BCUT2D eigenvalue weighted by Gasteiger charge is 2.24. The average molecular weight is 313 g/mol. The topological polar surface area (TPSA) is 9.23 Å². The predicted octanol–water partition coefficient (Wildman–Crippen LogP) is 5.92. The smallest absolute Gasteiger partial charge is 0.127 e. The molecule has 1 aliphatic heterocycles. The maximum atomic E-state index is 6.71. The minimum absolute atomic E-state index is 0.0312. The molecule has 0 bridgehead atoms. The van der Waals surface area contributed by atoms with Gasteiger partial charge in [-0.2, -0.15) is 0 Å². The summed E-state index contributed by atoms with van der Waals surface area (Å²) in [5.41, 5.74) is 2.33. The average Bonchev–Trinajstić information content (AvgIpc) is 2.74. The lowest BCUT2D eigenvalue weighted by Gasteiger charge is -2.20. The Labute approximate surface area is 131 Å². The van der Waals surface area contributed by atoms with Crippen molar-refractivity contribution in [3.63, 3.8) is 0 Å². The van der Waals surface area contributed by atoms with E-state index in [1.54, 1.807) is 0 Å². The second-order valence-electron chi connectivity index (χ2n) is 6.14. The van der Waals surface area contributed by atoms with Gasteiger partial charge in [0.25, 0.3) is 0 Å². The monoisotopic (exact) mass is 312 g/mol. The highest BCUT2D eigenvalue weighted by Crippen LogP contribution is 2.42. The molecule has 110 valence electrons. The number of fused-ring (bicyclic) bond motifs is 1. The van der Waals surface area contributed by atoms with Crippen LogP contribution in [-0.2, 0) is 6.42 Å². The van der Waals surface area contributed by atoms with Crippen LogP contribution in [0.5, 0.6) is 5.75 Å². The Kier molecular flexibility index (Phi) is 4.78. The van der Waals surface area contributed by atoms with E-state index < -0.39 is 0 Å². The van der Waals surface area contributed by atoms with Crippen LogP contribution in [0, 0.1) is 5.92 Å². The molecule has 20 heavy (non-hydrogen) atoms. The van der Waals surface area contributed by atoms with Crippen molar-refractivity contribution < 1.29 is 4.74 Å². The summed E-state index contributed by atoms with van der Waals surface area (Å²) in [6.45, 7) is 0.760. The zero-order valence-electron chi connectivity index (χ0n) is 11.8. The van der Waals surface area contributed by atoms with Gasteiger partial charge in [0, 0.05) is 17.0 Å². The lowest BCUT2D eigenvalue weighted by Crippen LogP contribution is -2.04. The molecule has 1 heterocycles. The third-order valence-electron chi connectivity index (χ3n) is 4.63. The molecule has 0 aromatic heterocycles. The first kappa shape index (κ1) is 14.5. The van der Waals surface area contributed by atoms with Gasteiger partial charge in [0.15, 0.2) is 0 Å². The summed E-state index contributed by atoms with van der Waals surface area (Å²) in [6.07, 6.45) is 10.2. The number of benzene rings is 1. The van der Waals surface area contributed by atoms with Crippen molar-refractivity contribution >= 4 is 23.2 Å². The van der Waals surface area contributed by atoms with Crippen LogP contribution in [0.1, 0.15) is 61.4 Å². The van der Waals surface area contributed by atoms with Crippen LogP contribution in [0.3, 0.4) is 0 Å².